The number of hydrogen-bond donors (Lipinski definition) is 1. The summed E-state index contributed by atoms with van der Waals surface area (Å²) in [6, 6.07) is 12.7. The molecule has 1 N–H and O–H groups in total. The number of nitrogens with zero attached hydrogens (tertiary/aromatic N) is 3. The SMILES string of the molecule is C#Cc1cnn(Cc2ccc(COc3cccc4c3CN(C3CCC(=O)NC3=O)C4=O)cc2)c1. The molecule has 0 spiro atoms. The van der Waals surface area contributed by atoms with Crippen LogP contribution in [0.5, 0.6) is 5.75 Å². The van der Waals surface area contributed by atoms with E-state index in [0.717, 1.165) is 22.3 Å². The van der Waals surface area contributed by atoms with Crippen molar-refractivity contribution in [3.63, 3.8) is 0 Å². The summed E-state index contributed by atoms with van der Waals surface area (Å²) in [6.07, 6.45) is 9.42. The molecule has 0 aliphatic carbocycles. The first kappa shape index (κ1) is 21.5. The fourth-order valence-corrected chi connectivity index (χ4v) is 4.31. The van der Waals surface area contributed by atoms with E-state index in [4.69, 9.17) is 11.2 Å². The minimum absolute atomic E-state index is 0.217. The van der Waals surface area contributed by atoms with Crippen LogP contribution in [0.3, 0.4) is 0 Å². The maximum atomic E-state index is 12.9. The van der Waals surface area contributed by atoms with Gasteiger partial charge in [-0.2, -0.15) is 5.10 Å². The molecule has 0 saturated carbocycles. The van der Waals surface area contributed by atoms with Gasteiger partial charge in [0.25, 0.3) is 5.91 Å². The number of nitrogens with one attached hydrogen (secondary N) is 1. The topological polar surface area (TPSA) is 93.5 Å². The van der Waals surface area contributed by atoms with Crippen LogP contribution >= 0.6 is 0 Å². The Morgan fingerprint density at radius 3 is 2.65 bits per heavy atom. The second-order valence-corrected chi connectivity index (χ2v) is 8.36. The molecule has 8 heteroatoms. The number of aromatic nitrogens is 2. The largest absolute Gasteiger partial charge is 0.489 e. The quantitative estimate of drug-likeness (QED) is 0.456. The van der Waals surface area contributed by atoms with E-state index in [1.165, 1.54) is 4.90 Å². The zero-order valence-corrected chi connectivity index (χ0v) is 18.4. The van der Waals surface area contributed by atoms with Crippen molar-refractivity contribution in [1.82, 2.24) is 20.0 Å². The molecule has 1 aromatic heterocycles. The molecule has 8 nitrogen and oxygen atoms in total. The molecule has 5 rings (SSSR count). The maximum absolute atomic E-state index is 12.9. The first-order chi connectivity index (χ1) is 16.5. The molecule has 3 heterocycles. The number of ether oxygens (including phenoxy) is 1. The highest BCUT2D eigenvalue weighted by molar-refractivity contribution is 6.05. The molecule has 3 aromatic rings. The average molecular weight is 454 g/mol. The Hall–Kier alpha value is -4.38. The minimum Gasteiger partial charge on any atom is -0.489 e. The lowest BCUT2D eigenvalue weighted by Gasteiger charge is -2.29. The number of piperidine rings is 1. The van der Waals surface area contributed by atoms with Crippen molar-refractivity contribution in [3.05, 3.63) is 82.7 Å². The fourth-order valence-electron chi connectivity index (χ4n) is 4.31. The van der Waals surface area contributed by atoms with Gasteiger partial charge in [-0.3, -0.25) is 24.4 Å². The number of fused-ring (bicyclic) bond motifs is 1. The molecule has 0 radical (unpaired) electrons. The monoisotopic (exact) mass is 454 g/mol. The van der Waals surface area contributed by atoms with Crippen LogP contribution < -0.4 is 10.1 Å². The van der Waals surface area contributed by atoms with Crippen LogP contribution in [0.1, 0.15) is 45.5 Å². The van der Waals surface area contributed by atoms with Gasteiger partial charge in [-0.15, -0.1) is 6.42 Å². The van der Waals surface area contributed by atoms with Gasteiger partial charge in [0.15, 0.2) is 0 Å². The predicted octanol–water partition coefficient (Wildman–Crippen LogP) is 2.25. The van der Waals surface area contributed by atoms with Gasteiger partial charge in [-0.25, -0.2) is 0 Å². The number of carbonyl (C=O) groups excluding carboxylic acids is 3. The van der Waals surface area contributed by atoms with Gasteiger partial charge in [0.05, 0.1) is 24.8 Å². The number of rotatable bonds is 6. The third-order valence-corrected chi connectivity index (χ3v) is 6.10. The Bertz CT molecular complexity index is 1320. The van der Waals surface area contributed by atoms with E-state index in [1.807, 2.05) is 36.5 Å². The summed E-state index contributed by atoms with van der Waals surface area (Å²) in [6.45, 7) is 1.23. The summed E-state index contributed by atoms with van der Waals surface area (Å²) in [5.41, 5.74) is 4.11. The number of carbonyl (C=O) groups is 3. The van der Waals surface area contributed by atoms with Crippen LogP contribution in [-0.4, -0.2) is 38.4 Å². The highest BCUT2D eigenvalue weighted by Crippen LogP contribution is 2.33. The van der Waals surface area contributed by atoms with Crippen molar-refractivity contribution in [2.45, 2.75) is 38.6 Å². The van der Waals surface area contributed by atoms with Crippen LogP contribution in [0, 0.1) is 12.3 Å². The second-order valence-electron chi connectivity index (χ2n) is 8.36. The fraction of sp³-hybridized carbons (Fsp3) is 0.231. The molecular weight excluding hydrogens is 432 g/mol. The first-order valence-corrected chi connectivity index (χ1v) is 11.0. The van der Waals surface area contributed by atoms with E-state index in [9.17, 15) is 14.4 Å². The van der Waals surface area contributed by atoms with Gasteiger partial charge < -0.3 is 9.64 Å². The zero-order valence-electron chi connectivity index (χ0n) is 18.4. The summed E-state index contributed by atoms with van der Waals surface area (Å²) >= 11 is 0. The molecule has 0 bridgehead atoms. The van der Waals surface area contributed by atoms with E-state index < -0.39 is 11.9 Å². The first-order valence-electron chi connectivity index (χ1n) is 11.0. The molecule has 34 heavy (non-hydrogen) atoms. The third-order valence-electron chi connectivity index (χ3n) is 6.10. The number of benzene rings is 2. The highest BCUT2D eigenvalue weighted by Gasteiger charge is 2.40. The van der Waals surface area contributed by atoms with Crippen LogP contribution in [0.2, 0.25) is 0 Å². The molecule has 2 aliphatic heterocycles. The van der Waals surface area contributed by atoms with Gasteiger partial charge in [0, 0.05) is 23.7 Å². The Kier molecular flexibility index (Phi) is 5.60. The summed E-state index contributed by atoms with van der Waals surface area (Å²) in [7, 11) is 0. The molecule has 1 unspecified atom stereocenters. The average Bonchev–Trinajstić information content (AvgIpc) is 3.43. The number of amides is 3. The lowest BCUT2D eigenvalue weighted by atomic mass is 10.0. The summed E-state index contributed by atoms with van der Waals surface area (Å²) in [4.78, 5) is 38.2. The molecule has 1 saturated heterocycles. The van der Waals surface area contributed by atoms with Crippen molar-refractivity contribution in [2.24, 2.45) is 0 Å². The molecule has 170 valence electrons. The second kappa shape index (κ2) is 8.87. The highest BCUT2D eigenvalue weighted by atomic mass is 16.5. The summed E-state index contributed by atoms with van der Waals surface area (Å²) in [5.74, 6) is 2.23. The van der Waals surface area contributed by atoms with E-state index in [2.05, 4.69) is 16.3 Å². The number of hydrogen-bond acceptors (Lipinski definition) is 5. The van der Waals surface area contributed by atoms with E-state index in [-0.39, 0.29) is 24.8 Å². The third kappa shape index (κ3) is 4.16. The van der Waals surface area contributed by atoms with Crippen molar-refractivity contribution >= 4 is 17.7 Å². The standard InChI is InChI=1S/C26H22N4O4/c1-2-17-12-27-29(13-17)14-18-6-8-19(9-7-18)16-34-23-5-3-4-20-21(23)15-30(26(20)33)22-10-11-24(31)28-25(22)32/h1,3-9,12-13,22H,10-11,14-16H2,(H,28,31,32). The lowest BCUT2D eigenvalue weighted by Crippen LogP contribution is -2.52. The maximum Gasteiger partial charge on any atom is 0.255 e. The Labute approximate surface area is 196 Å². The zero-order chi connectivity index (χ0) is 23.7. The molecule has 2 aromatic carbocycles. The van der Waals surface area contributed by atoms with E-state index in [0.29, 0.717) is 30.9 Å². The molecular formula is C26H22N4O4. The van der Waals surface area contributed by atoms with Crippen molar-refractivity contribution in [1.29, 1.82) is 0 Å². The number of terminal acetylenes is 1. The van der Waals surface area contributed by atoms with Crippen LogP contribution in [0.4, 0.5) is 0 Å². The minimum atomic E-state index is -0.649. The van der Waals surface area contributed by atoms with Gasteiger partial charge in [0.2, 0.25) is 11.8 Å². The molecule has 1 atom stereocenters. The van der Waals surface area contributed by atoms with Gasteiger partial charge in [-0.1, -0.05) is 36.3 Å². The van der Waals surface area contributed by atoms with Crippen LogP contribution in [0.15, 0.2) is 54.9 Å². The van der Waals surface area contributed by atoms with Crippen molar-refractivity contribution in [2.75, 3.05) is 0 Å². The van der Waals surface area contributed by atoms with Crippen molar-refractivity contribution in [3.8, 4) is 18.1 Å². The molecule has 1 fully saturated rings. The van der Waals surface area contributed by atoms with E-state index >= 15 is 0 Å². The summed E-state index contributed by atoms with van der Waals surface area (Å²) in [5, 5.41) is 6.57. The smallest absolute Gasteiger partial charge is 0.255 e. The van der Waals surface area contributed by atoms with Crippen molar-refractivity contribution < 1.29 is 19.1 Å². The predicted molar refractivity (Wildman–Crippen MR) is 123 cm³/mol. The van der Waals surface area contributed by atoms with Gasteiger partial charge in [0.1, 0.15) is 18.4 Å². The van der Waals surface area contributed by atoms with Crippen LogP contribution in [0.25, 0.3) is 0 Å². The molecule has 3 amide bonds. The lowest BCUT2D eigenvalue weighted by molar-refractivity contribution is -0.136. The Morgan fingerprint density at radius 2 is 1.91 bits per heavy atom. The summed E-state index contributed by atoms with van der Waals surface area (Å²) < 4.78 is 7.86. The molecule has 2 aliphatic rings. The Balaban J connectivity index is 1.25. The van der Waals surface area contributed by atoms with E-state index in [1.54, 1.807) is 23.0 Å². The normalized spacial score (nSPS) is 17.3. The van der Waals surface area contributed by atoms with Crippen LogP contribution in [-0.2, 0) is 29.3 Å². The van der Waals surface area contributed by atoms with Gasteiger partial charge in [-0.05, 0) is 29.7 Å². The Morgan fingerprint density at radius 1 is 1.12 bits per heavy atom. The number of imide groups is 1. The van der Waals surface area contributed by atoms with Gasteiger partial charge >= 0.3 is 0 Å².